The second-order valence-electron chi connectivity index (χ2n) is 6.40. The lowest BCUT2D eigenvalue weighted by atomic mass is 10.3. The van der Waals surface area contributed by atoms with Gasteiger partial charge in [0.05, 0.1) is 11.0 Å². The van der Waals surface area contributed by atoms with E-state index < -0.39 is 10.0 Å². The maximum atomic E-state index is 12.3. The Hall–Kier alpha value is -1.60. The number of nitrogens with zero attached hydrogens (tertiary/aromatic N) is 1. The van der Waals surface area contributed by atoms with Gasteiger partial charge in [0.15, 0.2) is 0 Å². The standard InChI is InChI=1S/C18H28N2O4S/c1-3-13-20(15(2)21)14-12-19-25(22,23)18-10-8-17(9-11-18)24-16-6-4-5-7-16/h8-11,16,19H,3-7,12-14H2,1-2H3. The van der Waals surface area contributed by atoms with E-state index in [2.05, 4.69) is 4.72 Å². The molecule has 1 aliphatic carbocycles. The first kappa shape index (κ1) is 19.7. The lowest BCUT2D eigenvalue weighted by Gasteiger charge is -2.20. The third-order valence-corrected chi connectivity index (χ3v) is 5.83. The van der Waals surface area contributed by atoms with Crippen LogP contribution in [0.4, 0.5) is 0 Å². The molecule has 2 rings (SSSR count). The minimum absolute atomic E-state index is 0.0468. The van der Waals surface area contributed by atoms with Crippen LogP contribution in [0.5, 0.6) is 5.75 Å². The van der Waals surface area contributed by atoms with Crippen molar-refractivity contribution in [3.8, 4) is 5.75 Å². The summed E-state index contributed by atoms with van der Waals surface area (Å²) in [5.41, 5.74) is 0. The smallest absolute Gasteiger partial charge is 0.240 e. The second-order valence-corrected chi connectivity index (χ2v) is 8.17. The van der Waals surface area contributed by atoms with Crippen molar-refractivity contribution in [2.75, 3.05) is 19.6 Å². The van der Waals surface area contributed by atoms with Crippen LogP contribution in [0, 0.1) is 0 Å². The fourth-order valence-corrected chi connectivity index (χ4v) is 4.01. The highest BCUT2D eigenvalue weighted by Gasteiger charge is 2.18. The maximum Gasteiger partial charge on any atom is 0.240 e. The van der Waals surface area contributed by atoms with E-state index in [0.29, 0.717) is 18.8 Å². The van der Waals surface area contributed by atoms with Crippen molar-refractivity contribution in [2.45, 2.75) is 57.0 Å². The molecule has 1 amide bonds. The Morgan fingerprint density at radius 3 is 2.40 bits per heavy atom. The van der Waals surface area contributed by atoms with Crippen LogP contribution in [-0.4, -0.2) is 45.0 Å². The second kappa shape index (κ2) is 9.20. The predicted octanol–water partition coefficient (Wildman–Crippen LogP) is 2.54. The summed E-state index contributed by atoms with van der Waals surface area (Å²) in [5.74, 6) is 0.658. The molecule has 0 bridgehead atoms. The molecule has 1 N–H and O–H groups in total. The van der Waals surface area contributed by atoms with Crippen molar-refractivity contribution in [3.63, 3.8) is 0 Å². The Balaban J connectivity index is 1.89. The number of carbonyl (C=O) groups excluding carboxylic acids is 1. The highest BCUT2D eigenvalue weighted by atomic mass is 32.2. The van der Waals surface area contributed by atoms with Crippen LogP contribution in [0.2, 0.25) is 0 Å². The highest BCUT2D eigenvalue weighted by molar-refractivity contribution is 7.89. The van der Waals surface area contributed by atoms with Crippen LogP contribution in [0.3, 0.4) is 0 Å². The lowest BCUT2D eigenvalue weighted by molar-refractivity contribution is -0.128. The Bertz CT molecular complexity index is 652. The van der Waals surface area contributed by atoms with Crippen molar-refractivity contribution < 1.29 is 17.9 Å². The van der Waals surface area contributed by atoms with Crippen LogP contribution >= 0.6 is 0 Å². The van der Waals surface area contributed by atoms with E-state index in [-0.39, 0.29) is 23.5 Å². The molecule has 7 heteroatoms. The molecule has 0 aromatic heterocycles. The minimum atomic E-state index is -3.58. The van der Waals surface area contributed by atoms with Gasteiger partial charge in [-0.15, -0.1) is 0 Å². The molecule has 1 fully saturated rings. The van der Waals surface area contributed by atoms with Crippen LogP contribution in [0.25, 0.3) is 0 Å². The molecule has 140 valence electrons. The summed E-state index contributed by atoms with van der Waals surface area (Å²) in [4.78, 5) is 13.3. The first-order chi connectivity index (χ1) is 11.9. The average Bonchev–Trinajstić information content (AvgIpc) is 3.07. The first-order valence-corrected chi connectivity index (χ1v) is 10.4. The zero-order valence-corrected chi connectivity index (χ0v) is 15.8. The number of nitrogens with one attached hydrogen (secondary N) is 1. The molecule has 0 radical (unpaired) electrons. The van der Waals surface area contributed by atoms with E-state index in [0.717, 1.165) is 19.3 Å². The van der Waals surface area contributed by atoms with Gasteiger partial charge >= 0.3 is 0 Å². The van der Waals surface area contributed by atoms with Crippen molar-refractivity contribution in [1.29, 1.82) is 0 Å². The van der Waals surface area contributed by atoms with Gasteiger partial charge in [0.1, 0.15) is 5.75 Å². The summed E-state index contributed by atoms with van der Waals surface area (Å²) in [7, 11) is -3.58. The molecule has 0 unspecified atom stereocenters. The Labute approximate surface area is 150 Å². The van der Waals surface area contributed by atoms with Gasteiger partial charge in [0.2, 0.25) is 15.9 Å². The minimum Gasteiger partial charge on any atom is -0.490 e. The van der Waals surface area contributed by atoms with Crippen LogP contribution < -0.4 is 9.46 Å². The highest BCUT2D eigenvalue weighted by Crippen LogP contribution is 2.24. The van der Waals surface area contributed by atoms with Gasteiger partial charge in [-0.2, -0.15) is 0 Å². The monoisotopic (exact) mass is 368 g/mol. The molecule has 1 aromatic rings. The molecule has 1 aromatic carbocycles. The SMILES string of the molecule is CCCN(CCNS(=O)(=O)c1ccc(OC2CCCC2)cc1)C(C)=O. The van der Waals surface area contributed by atoms with Crippen molar-refractivity contribution in [2.24, 2.45) is 0 Å². The number of hydrogen-bond donors (Lipinski definition) is 1. The van der Waals surface area contributed by atoms with Gasteiger partial charge in [-0.25, -0.2) is 13.1 Å². The summed E-state index contributed by atoms with van der Waals surface area (Å²) < 4.78 is 33.1. The molecule has 25 heavy (non-hydrogen) atoms. The molecule has 0 spiro atoms. The number of carbonyl (C=O) groups is 1. The lowest BCUT2D eigenvalue weighted by Crippen LogP contribution is -2.37. The van der Waals surface area contributed by atoms with Crippen molar-refractivity contribution in [1.82, 2.24) is 9.62 Å². The number of hydrogen-bond acceptors (Lipinski definition) is 4. The van der Waals surface area contributed by atoms with Gasteiger partial charge in [0, 0.05) is 26.6 Å². The zero-order chi connectivity index (χ0) is 18.3. The van der Waals surface area contributed by atoms with Gasteiger partial charge in [-0.1, -0.05) is 6.92 Å². The molecule has 0 saturated heterocycles. The predicted molar refractivity (Wildman–Crippen MR) is 97.1 cm³/mol. The fraction of sp³-hybridized carbons (Fsp3) is 0.611. The van der Waals surface area contributed by atoms with E-state index in [1.54, 1.807) is 29.2 Å². The van der Waals surface area contributed by atoms with Crippen LogP contribution in [0.1, 0.15) is 46.0 Å². The van der Waals surface area contributed by atoms with Gasteiger partial charge in [-0.05, 0) is 56.4 Å². The van der Waals surface area contributed by atoms with E-state index in [1.807, 2.05) is 6.92 Å². The Kier molecular flexibility index (Phi) is 7.25. The molecule has 0 aliphatic heterocycles. The van der Waals surface area contributed by atoms with Gasteiger partial charge in [-0.3, -0.25) is 4.79 Å². The zero-order valence-electron chi connectivity index (χ0n) is 15.0. The molecular weight excluding hydrogens is 340 g/mol. The number of amides is 1. The van der Waals surface area contributed by atoms with Crippen LogP contribution in [0.15, 0.2) is 29.2 Å². The third kappa shape index (κ3) is 6.01. The summed E-state index contributed by atoms with van der Waals surface area (Å²) >= 11 is 0. The summed E-state index contributed by atoms with van der Waals surface area (Å²) in [5, 5.41) is 0. The molecule has 1 saturated carbocycles. The van der Waals surface area contributed by atoms with E-state index in [9.17, 15) is 13.2 Å². The number of sulfonamides is 1. The summed E-state index contributed by atoms with van der Waals surface area (Å²) in [6, 6.07) is 6.51. The summed E-state index contributed by atoms with van der Waals surface area (Å²) in [6.45, 7) is 4.67. The molecular formula is C18H28N2O4S. The van der Waals surface area contributed by atoms with Gasteiger partial charge in [0.25, 0.3) is 0 Å². The number of benzene rings is 1. The Morgan fingerprint density at radius 1 is 1.20 bits per heavy atom. The summed E-state index contributed by atoms with van der Waals surface area (Å²) in [6.07, 6.45) is 5.59. The maximum absolute atomic E-state index is 12.3. The van der Waals surface area contributed by atoms with E-state index in [1.165, 1.54) is 19.8 Å². The number of rotatable bonds is 9. The normalized spacial score (nSPS) is 15.3. The third-order valence-electron chi connectivity index (χ3n) is 4.35. The van der Waals surface area contributed by atoms with Crippen molar-refractivity contribution >= 4 is 15.9 Å². The average molecular weight is 368 g/mol. The first-order valence-electron chi connectivity index (χ1n) is 8.94. The van der Waals surface area contributed by atoms with Gasteiger partial charge < -0.3 is 9.64 Å². The fourth-order valence-electron chi connectivity index (χ4n) is 2.99. The van der Waals surface area contributed by atoms with Crippen LogP contribution in [-0.2, 0) is 14.8 Å². The van der Waals surface area contributed by atoms with E-state index in [4.69, 9.17) is 4.74 Å². The Morgan fingerprint density at radius 2 is 1.84 bits per heavy atom. The molecule has 0 heterocycles. The quantitative estimate of drug-likeness (QED) is 0.727. The van der Waals surface area contributed by atoms with E-state index >= 15 is 0 Å². The largest absolute Gasteiger partial charge is 0.490 e. The molecule has 6 nitrogen and oxygen atoms in total. The topological polar surface area (TPSA) is 75.7 Å². The van der Waals surface area contributed by atoms with Crippen molar-refractivity contribution in [3.05, 3.63) is 24.3 Å². The molecule has 0 atom stereocenters. The number of ether oxygens (including phenoxy) is 1. The molecule has 1 aliphatic rings.